The van der Waals surface area contributed by atoms with Gasteiger partial charge in [-0.05, 0) is 44.4 Å². The van der Waals surface area contributed by atoms with Gasteiger partial charge in [-0.1, -0.05) is 38.0 Å². The summed E-state index contributed by atoms with van der Waals surface area (Å²) in [6, 6.07) is 9.25. The average molecular weight is 341 g/mol. The van der Waals surface area contributed by atoms with Gasteiger partial charge in [0, 0.05) is 24.2 Å². The van der Waals surface area contributed by atoms with Crippen molar-refractivity contribution in [1.29, 1.82) is 0 Å². The molecule has 0 aliphatic carbocycles. The van der Waals surface area contributed by atoms with Crippen LogP contribution in [-0.4, -0.2) is 21.6 Å². The van der Waals surface area contributed by atoms with Crippen molar-refractivity contribution in [1.82, 2.24) is 9.78 Å². The minimum atomic E-state index is -0.163. The van der Waals surface area contributed by atoms with Crippen LogP contribution >= 0.6 is 0 Å². The van der Waals surface area contributed by atoms with E-state index in [4.69, 9.17) is 0 Å². The highest BCUT2D eigenvalue weighted by Gasteiger charge is 2.17. The third kappa shape index (κ3) is 5.28. The van der Waals surface area contributed by atoms with Crippen LogP contribution in [0.2, 0.25) is 0 Å². The molecule has 0 unspecified atom stereocenters. The van der Waals surface area contributed by atoms with Crippen molar-refractivity contribution in [2.24, 2.45) is 0 Å². The number of aromatic nitrogens is 2. The normalized spacial score (nSPS) is 10.7. The van der Waals surface area contributed by atoms with Crippen molar-refractivity contribution >= 4 is 17.5 Å². The number of nitrogens with one attached hydrogen (secondary N) is 1. The SMILES string of the molecule is CCCCCc1c(C)nn(C(=O)CCC(=O)Nc2ccccc2)c1C. The first-order chi connectivity index (χ1) is 12.0. The van der Waals surface area contributed by atoms with Gasteiger partial charge >= 0.3 is 0 Å². The lowest BCUT2D eigenvalue weighted by Gasteiger charge is -2.06. The van der Waals surface area contributed by atoms with Crippen LogP contribution < -0.4 is 5.32 Å². The molecule has 1 amide bonds. The molecule has 1 heterocycles. The molecule has 0 aliphatic rings. The number of carbonyl (C=O) groups excluding carboxylic acids is 2. The van der Waals surface area contributed by atoms with Crippen molar-refractivity contribution in [3.8, 4) is 0 Å². The highest BCUT2D eigenvalue weighted by Crippen LogP contribution is 2.17. The predicted octanol–water partition coefficient (Wildman–Crippen LogP) is 4.29. The van der Waals surface area contributed by atoms with E-state index in [-0.39, 0.29) is 24.7 Å². The molecule has 5 nitrogen and oxygen atoms in total. The molecule has 0 spiro atoms. The topological polar surface area (TPSA) is 64.0 Å². The molecule has 2 rings (SSSR count). The third-order valence-electron chi connectivity index (χ3n) is 4.33. The number of carbonyl (C=O) groups is 2. The Morgan fingerprint density at radius 3 is 2.48 bits per heavy atom. The van der Waals surface area contributed by atoms with Gasteiger partial charge in [-0.3, -0.25) is 9.59 Å². The molecule has 0 saturated heterocycles. The lowest BCUT2D eigenvalue weighted by Crippen LogP contribution is -2.18. The number of amides is 1. The van der Waals surface area contributed by atoms with E-state index in [2.05, 4.69) is 17.3 Å². The summed E-state index contributed by atoms with van der Waals surface area (Å²) in [7, 11) is 0. The monoisotopic (exact) mass is 341 g/mol. The number of unbranched alkanes of at least 4 members (excludes halogenated alkanes) is 2. The number of hydrogen-bond acceptors (Lipinski definition) is 3. The standard InChI is InChI=1S/C20H27N3O2/c1-4-5-7-12-18-15(2)22-23(16(18)3)20(25)14-13-19(24)21-17-10-8-6-9-11-17/h6,8-11H,4-5,7,12-14H2,1-3H3,(H,21,24). The fourth-order valence-electron chi connectivity index (χ4n) is 2.90. The molecular weight excluding hydrogens is 314 g/mol. The van der Waals surface area contributed by atoms with E-state index in [0.29, 0.717) is 0 Å². The first-order valence-electron chi connectivity index (χ1n) is 8.96. The van der Waals surface area contributed by atoms with Crippen LogP contribution in [0.1, 0.15) is 60.8 Å². The second-order valence-electron chi connectivity index (χ2n) is 6.33. The van der Waals surface area contributed by atoms with Gasteiger partial charge in [-0.2, -0.15) is 5.10 Å². The average Bonchev–Trinajstić information content (AvgIpc) is 2.89. The van der Waals surface area contributed by atoms with Crippen molar-refractivity contribution in [3.63, 3.8) is 0 Å². The maximum atomic E-state index is 12.4. The van der Waals surface area contributed by atoms with Crippen LogP contribution in [0, 0.1) is 13.8 Å². The Labute approximate surface area is 149 Å². The summed E-state index contributed by atoms with van der Waals surface area (Å²) in [5.74, 6) is -0.296. The van der Waals surface area contributed by atoms with Crippen molar-refractivity contribution in [3.05, 3.63) is 47.3 Å². The molecule has 25 heavy (non-hydrogen) atoms. The molecule has 2 aromatic rings. The van der Waals surface area contributed by atoms with E-state index in [9.17, 15) is 9.59 Å². The van der Waals surface area contributed by atoms with E-state index in [0.717, 1.165) is 35.5 Å². The minimum Gasteiger partial charge on any atom is -0.326 e. The summed E-state index contributed by atoms with van der Waals surface area (Å²) >= 11 is 0. The third-order valence-corrected chi connectivity index (χ3v) is 4.33. The highest BCUT2D eigenvalue weighted by molar-refractivity contribution is 5.93. The smallest absolute Gasteiger partial charge is 0.247 e. The largest absolute Gasteiger partial charge is 0.326 e. The first kappa shape index (κ1) is 18.9. The van der Waals surface area contributed by atoms with Gasteiger partial charge in [-0.25, -0.2) is 4.68 Å². The molecule has 0 saturated carbocycles. The van der Waals surface area contributed by atoms with Crippen molar-refractivity contribution in [2.45, 2.75) is 59.3 Å². The minimum absolute atomic E-state index is 0.134. The second kappa shape index (κ2) is 9.16. The number of para-hydroxylation sites is 1. The molecule has 1 aromatic carbocycles. The van der Waals surface area contributed by atoms with Crippen LogP contribution in [0.4, 0.5) is 5.69 Å². The van der Waals surface area contributed by atoms with E-state index in [1.165, 1.54) is 17.5 Å². The van der Waals surface area contributed by atoms with Crippen molar-refractivity contribution < 1.29 is 9.59 Å². The van der Waals surface area contributed by atoms with E-state index in [1.54, 1.807) is 0 Å². The molecule has 5 heteroatoms. The van der Waals surface area contributed by atoms with Crippen LogP contribution in [0.15, 0.2) is 30.3 Å². The van der Waals surface area contributed by atoms with Crippen LogP contribution in [0.5, 0.6) is 0 Å². The summed E-state index contributed by atoms with van der Waals surface area (Å²) in [5.41, 5.74) is 3.72. The van der Waals surface area contributed by atoms with Gasteiger partial charge in [-0.15, -0.1) is 0 Å². The summed E-state index contributed by atoms with van der Waals surface area (Å²) in [6.45, 7) is 6.05. The number of rotatable bonds is 8. The van der Waals surface area contributed by atoms with Gasteiger partial charge in [0.25, 0.3) is 0 Å². The molecule has 0 bridgehead atoms. The number of benzene rings is 1. The second-order valence-corrected chi connectivity index (χ2v) is 6.33. The van der Waals surface area contributed by atoms with Gasteiger partial charge < -0.3 is 5.32 Å². The Morgan fingerprint density at radius 2 is 1.80 bits per heavy atom. The Morgan fingerprint density at radius 1 is 1.08 bits per heavy atom. The fourth-order valence-corrected chi connectivity index (χ4v) is 2.90. The number of anilines is 1. The van der Waals surface area contributed by atoms with Gasteiger partial charge in [0.15, 0.2) is 0 Å². The van der Waals surface area contributed by atoms with Crippen LogP contribution in [-0.2, 0) is 11.2 Å². The highest BCUT2D eigenvalue weighted by atomic mass is 16.2. The molecule has 0 fully saturated rings. The zero-order valence-electron chi connectivity index (χ0n) is 15.3. The molecule has 1 N–H and O–H groups in total. The number of aryl methyl sites for hydroxylation is 1. The Kier molecular flexibility index (Phi) is 6.92. The fraction of sp³-hybridized carbons (Fsp3) is 0.450. The quantitative estimate of drug-likeness (QED) is 0.728. The maximum Gasteiger partial charge on any atom is 0.247 e. The number of nitrogens with zero attached hydrogens (tertiary/aromatic N) is 2. The molecular formula is C20H27N3O2. The lowest BCUT2D eigenvalue weighted by molar-refractivity contribution is -0.116. The zero-order valence-corrected chi connectivity index (χ0v) is 15.3. The summed E-state index contributed by atoms with van der Waals surface area (Å²) in [6.07, 6.45) is 4.70. The Hall–Kier alpha value is -2.43. The zero-order chi connectivity index (χ0) is 18.2. The Balaban J connectivity index is 1.92. The summed E-state index contributed by atoms with van der Waals surface area (Å²) < 4.78 is 1.46. The summed E-state index contributed by atoms with van der Waals surface area (Å²) in [4.78, 5) is 24.4. The molecule has 0 atom stereocenters. The van der Waals surface area contributed by atoms with E-state index in [1.807, 2.05) is 44.2 Å². The number of hydrogen-bond donors (Lipinski definition) is 1. The van der Waals surface area contributed by atoms with Gasteiger partial charge in [0.1, 0.15) is 0 Å². The van der Waals surface area contributed by atoms with Gasteiger partial charge in [0.2, 0.25) is 11.8 Å². The lowest BCUT2D eigenvalue weighted by atomic mass is 10.1. The first-order valence-corrected chi connectivity index (χ1v) is 8.96. The molecule has 0 aliphatic heterocycles. The van der Waals surface area contributed by atoms with Crippen molar-refractivity contribution in [2.75, 3.05) is 5.32 Å². The predicted molar refractivity (Wildman–Crippen MR) is 99.9 cm³/mol. The van der Waals surface area contributed by atoms with Gasteiger partial charge in [0.05, 0.1) is 5.69 Å². The molecule has 0 radical (unpaired) electrons. The molecule has 134 valence electrons. The van der Waals surface area contributed by atoms with E-state index < -0.39 is 0 Å². The maximum absolute atomic E-state index is 12.4. The molecule has 1 aromatic heterocycles. The van der Waals surface area contributed by atoms with E-state index >= 15 is 0 Å². The Bertz CT molecular complexity index is 720. The summed E-state index contributed by atoms with van der Waals surface area (Å²) in [5, 5.41) is 7.18. The van der Waals surface area contributed by atoms with Crippen LogP contribution in [0.25, 0.3) is 0 Å². The van der Waals surface area contributed by atoms with Crippen LogP contribution in [0.3, 0.4) is 0 Å².